The molecule has 0 aliphatic carbocycles. The lowest BCUT2D eigenvalue weighted by Crippen LogP contribution is -2.46. The second-order valence-corrected chi connectivity index (χ2v) is 6.30. The second-order valence-electron chi connectivity index (χ2n) is 6.30. The van der Waals surface area contributed by atoms with Crippen molar-refractivity contribution in [2.24, 2.45) is 7.05 Å². The minimum Gasteiger partial charge on any atom is -0.384 e. The topological polar surface area (TPSA) is 90.3 Å². The molecular weight excluding hydrogens is 296 g/mol. The molecule has 2 N–H and O–H groups in total. The molecule has 7 nitrogen and oxygen atoms in total. The fourth-order valence-electron chi connectivity index (χ4n) is 3.14. The van der Waals surface area contributed by atoms with Gasteiger partial charge in [-0.05, 0) is 32.7 Å². The Bertz CT molecular complexity index is 705. The highest BCUT2D eigenvalue weighted by molar-refractivity contribution is 6.01. The van der Waals surface area contributed by atoms with Crippen LogP contribution >= 0.6 is 0 Å². The summed E-state index contributed by atoms with van der Waals surface area (Å²) in [6.45, 7) is 5.41. The fourth-order valence-corrected chi connectivity index (χ4v) is 3.14. The van der Waals surface area contributed by atoms with Crippen LogP contribution in [0.3, 0.4) is 0 Å². The normalized spacial score (nSPS) is 19.0. The first kappa shape index (κ1) is 17.5. The molecule has 128 valence electrons. The number of hydrogen-bond donors (Lipinski definition) is 1. The Morgan fingerprint density at radius 1 is 1.30 bits per heavy atom. The van der Waals surface area contributed by atoms with Gasteiger partial charge in [-0.25, -0.2) is 4.79 Å². The van der Waals surface area contributed by atoms with Crippen molar-refractivity contribution in [1.82, 2.24) is 14.0 Å². The van der Waals surface area contributed by atoms with Crippen LogP contribution in [0.2, 0.25) is 0 Å². The van der Waals surface area contributed by atoms with Crippen molar-refractivity contribution in [3.05, 3.63) is 26.4 Å². The van der Waals surface area contributed by atoms with Gasteiger partial charge in [0.1, 0.15) is 11.4 Å². The van der Waals surface area contributed by atoms with Crippen molar-refractivity contribution in [3.63, 3.8) is 0 Å². The third-order valence-electron chi connectivity index (χ3n) is 4.60. The Morgan fingerprint density at radius 2 is 2.00 bits per heavy atom. The van der Waals surface area contributed by atoms with Crippen molar-refractivity contribution in [3.8, 4) is 0 Å². The average molecular weight is 322 g/mol. The molecule has 1 atom stereocenters. The molecule has 7 heteroatoms. The summed E-state index contributed by atoms with van der Waals surface area (Å²) in [6, 6.07) is 0.319. The van der Waals surface area contributed by atoms with Gasteiger partial charge in [0.05, 0.1) is 6.54 Å². The Balaban J connectivity index is 2.40. The van der Waals surface area contributed by atoms with E-state index in [1.54, 1.807) is 0 Å². The molecular formula is C16H26N4O3. The standard InChI is InChI=1S/C16H26N4O3/c1-4-8-20-14(17)13(15(22)18(3)16(20)23)12(21)10-19-9-6-5-7-11(19)2/h11H,4-10,17H2,1-3H3/t11-/m0/s1. The van der Waals surface area contributed by atoms with Crippen LogP contribution in [-0.4, -0.2) is 38.9 Å². The van der Waals surface area contributed by atoms with Gasteiger partial charge >= 0.3 is 5.69 Å². The smallest absolute Gasteiger partial charge is 0.332 e. The maximum atomic E-state index is 12.7. The molecule has 0 unspecified atom stereocenters. The first-order valence-corrected chi connectivity index (χ1v) is 8.25. The summed E-state index contributed by atoms with van der Waals surface area (Å²) >= 11 is 0. The summed E-state index contributed by atoms with van der Waals surface area (Å²) < 4.78 is 2.28. The molecule has 0 amide bonds. The second kappa shape index (κ2) is 7.12. The quantitative estimate of drug-likeness (QED) is 0.802. The number of anilines is 1. The summed E-state index contributed by atoms with van der Waals surface area (Å²) in [7, 11) is 1.39. The maximum absolute atomic E-state index is 12.7. The Kier molecular flexibility index (Phi) is 5.41. The van der Waals surface area contributed by atoms with E-state index in [0.29, 0.717) is 19.0 Å². The molecule has 0 radical (unpaired) electrons. The van der Waals surface area contributed by atoms with Crippen LogP contribution in [0.25, 0.3) is 0 Å². The van der Waals surface area contributed by atoms with Crippen molar-refractivity contribution < 1.29 is 4.79 Å². The van der Waals surface area contributed by atoms with E-state index in [9.17, 15) is 14.4 Å². The van der Waals surface area contributed by atoms with E-state index in [1.165, 1.54) is 11.6 Å². The molecule has 23 heavy (non-hydrogen) atoms. The van der Waals surface area contributed by atoms with Crippen LogP contribution in [-0.2, 0) is 13.6 Å². The van der Waals surface area contributed by atoms with E-state index in [1.807, 2.05) is 6.92 Å². The van der Waals surface area contributed by atoms with Gasteiger partial charge in [0.25, 0.3) is 5.56 Å². The number of rotatable bonds is 5. The zero-order valence-corrected chi connectivity index (χ0v) is 14.2. The van der Waals surface area contributed by atoms with Crippen LogP contribution in [0.4, 0.5) is 5.82 Å². The van der Waals surface area contributed by atoms with E-state index < -0.39 is 11.2 Å². The summed E-state index contributed by atoms with van der Waals surface area (Å²) in [6.07, 6.45) is 3.97. The van der Waals surface area contributed by atoms with Crippen molar-refractivity contribution in [1.29, 1.82) is 0 Å². The molecule has 0 saturated carbocycles. The van der Waals surface area contributed by atoms with Crippen molar-refractivity contribution in [2.45, 2.75) is 52.1 Å². The Labute approximate surface area is 135 Å². The van der Waals surface area contributed by atoms with Crippen molar-refractivity contribution >= 4 is 11.6 Å². The van der Waals surface area contributed by atoms with Crippen LogP contribution in [0.1, 0.15) is 49.9 Å². The number of aromatic nitrogens is 2. The van der Waals surface area contributed by atoms with Crippen LogP contribution < -0.4 is 17.0 Å². The molecule has 1 aromatic rings. The number of nitrogens with two attached hydrogens (primary N) is 1. The third kappa shape index (κ3) is 3.39. The lowest BCUT2D eigenvalue weighted by atomic mass is 10.0. The van der Waals surface area contributed by atoms with Gasteiger partial charge in [-0.15, -0.1) is 0 Å². The number of carbonyl (C=O) groups is 1. The van der Waals surface area contributed by atoms with Crippen LogP contribution in [0.15, 0.2) is 9.59 Å². The highest BCUT2D eigenvalue weighted by Crippen LogP contribution is 2.17. The summed E-state index contributed by atoms with van der Waals surface area (Å²) in [4.78, 5) is 39.3. The number of likely N-dealkylation sites (tertiary alicyclic amines) is 1. The largest absolute Gasteiger partial charge is 0.384 e. The lowest BCUT2D eigenvalue weighted by molar-refractivity contribution is 0.0858. The van der Waals surface area contributed by atoms with Gasteiger partial charge in [-0.1, -0.05) is 13.3 Å². The van der Waals surface area contributed by atoms with E-state index in [2.05, 4.69) is 11.8 Å². The molecule has 2 heterocycles. The maximum Gasteiger partial charge on any atom is 0.332 e. The number of ketones is 1. The molecule has 0 spiro atoms. The van der Waals surface area contributed by atoms with Gasteiger partial charge in [0, 0.05) is 19.6 Å². The molecule has 0 aromatic carbocycles. The minimum absolute atomic E-state index is 0.00499. The Hall–Kier alpha value is -1.89. The minimum atomic E-state index is -0.602. The van der Waals surface area contributed by atoms with E-state index >= 15 is 0 Å². The zero-order valence-electron chi connectivity index (χ0n) is 14.2. The number of piperidine rings is 1. The molecule has 2 rings (SSSR count). The third-order valence-corrected chi connectivity index (χ3v) is 4.60. The van der Waals surface area contributed by atoms with Gasteiger partial charge < -0.3 is 5.73 Å². The molecule has 1 aliphatic rings. The van der Waals surface area contributed by atoms with Gasteiger partial charge in [-0.2, -0.15) is 0 Å². The molecule has 1 aromatic heterocycles. The van der Waals surface area contributed by atoms with Crippen LogP contribution in [0, 0.1) is 0 Å². The predicted molar refractivity (Wildman–Crippen MR) is 89.9 cm³/mol. The highest BCUT2D eigenvalue weighted by atomic mass is 16.2. The summed E-state index contributed by atoms with van der Waals surface area (Å²) in [5.74, 6) is -0.309. The molecule has 0 bridgehead atoms. The summed E-state index contributed by atoms with van der Waals surface area (Å²) in [5, 5.41) is 0. The molecule has 1 saturated heterocycles. The fraction of sp³-hybridized carbons (Fsp3) is 0.688. The lowest BCUT2D eigenvalue weighted by Gasteiger charge is -2.32. The number of nitrogen functional groups attached to an aromatic ring is 1. The Morgan fingerprint density at radius 3 is 2.61 bits per heavy atom. The van der Waals surface area contributed by atoms with Crippen LogP contribution in [0.5, 0.6) is 0 Å². The SMILES string of the molecule is CCCn1c(N)c(C(=O)CN2CCCC[C@@H]2C)c(=O)n(C)c1=O. The number of hydrogen-bond acceptors (Lipinski definition) is 5. The molecule has 1 fully saturated rings. The van der Waals surface area contributed by atoms with E-state index in [0.717, 1.165) is 30.4 Å². The number of nitrogens with zero attached hydrogens (tertiary/aromatic N) is 3. The van der Waals surface area contributed by atoms with Gasteiger partial charge in [0.2, 0.25) is 0 Å². The zero-order chi connectivity index (χ0) is 17.1. The predicted octanol–water partition coefficient (Wildman–Crippen LogP) is 0.596. The van der Waals surface area contributed by atoms with E-state index in [4.69, 9.17) is 5.73 Å². The highest BCUT2D eigenvalue weighted by Gasteiger charge is 2.26. The molecule has 1 aliphatic heterocycles. The first-order valence-electron chi connectivity index (χ1n) is 8.25. The number of carbonyl (C=O) groups excluding carboxylic acids is 1. The number of Topliss-reactive ketones (excluding diaryl/α,β-unsaturated/α-hetero) is 1. The summed E-state index contributed by atoms with van der Waals surface area (Å²) in [5.41, 5.74) is 4.86. The monoisotopic (exact) mass is 322 g/mol. The average Bonchev–Trinajstić information content (AvgIpc) is 2.52. The van der Waals surface area contributed by atoms with Crippen molar-refractivity contribution in [2.75, 3.05) is 18.8 Å². The van der Waals surface area contributed by atoms with Gasteiger partial charge in [0.15, 0.2) is 5.78 Å². The van der Waals surface area contributed by atoms with E-state index in [-0.39, 0.29) is 23.7 Å². The van der Waals surface area contributed by atoms with Gasteiger partial charge in [-0.3, -0.25) is 23.6 Å². The first-order chi connectivity index (χ1) is 10.9.